The Morgan fingerprint density at radius 2 is 2.10 bits per heavy atom. The largest absolute Gasteiger partial charge is 0.480 e. The zero-order chi connectivity index (χ0) is 14.5. The molecule has 2 aromatic rings. The summed E-state index contributed by atoms with van der Waals surface area (Å²) < 4.78 is 0. The van der Waals surface area contributed by atoms with Crippen LogP contribution in [0.2, 0.25) is 0 Å². The van der Waals surface area contributed by atoms with Gasteiger partial charge in [-0.15, -0.1) is 0 Å². The van der Waals surface area contributed by atoms with Crippen LogP contribution in [0.3, 0.4) is 0 Å². The number of aromatic nitrogens is 1. The van der Waals surface area contributed by atoms with E-state index in [1.165, 1.54) is 4.90 Å². The maximum atomic E-state index is 12.5. The highest BCUT2D eigenvalue weighted by Crippen LogP contribution is 2.19. The first-order chi connectivity index (χ1) is 9.63. The van der Waals surface area contributed by atoms with Crippen molar-refractivity contribution in [3.05, 3.63) is 42.2 Å². The summed E-state index contributed by atoms with van der Waals surface area (Å²) in [6, 6.07) is 7.22. The maximum Gasteiger partial charge on any atom is 0.323 e. The molecule has 1 heterocycles. The van der Waals surface area contributed by atoms with Gasteiger partial charge in [-0.25, -0.2) is 0 Å². The summed E-state index contributed by atoms with van der Waals surface area (Å²) in [5, 5.41) is 10.6. The molecule has 1 amide bonds. The van der Waals surface area contributed by atoms with Crippen molar-refractivity contribution >= 4 is 22.6 Å². The standard InChI is InChI=1S/C15H16N2O3/c1-2-8-17(10-14(18)19)15(20)12-5-3-4-11-6-7-16-9-13(11)12/h3-7,9H,2,8,10H2,1H3,(H,18,19). The SMILES string of the molecule is CCCN(CC(=O)O)C(=O)c1cccc2ccncc12. The summed E-state index contributed by atoms with van der Waals surface area (Å²) in [6.45, 7) is 2.04. The zero-order valence-electron chi connectivity index (χ0n) is 11.2. The van der Waals surface area contributed by atoms with E-state index in [4.69, 9.17) is 5.11 Å². The normalized spacial score (nSPS) is 10.4. The number of pyridine rings is 1. The number of carbonyl (C=O) groups excluding carboxylic acids is 1. The molecule has 0 bridgehead atoms. The van der Waals surface area contributed by atoms with Crippen molar-refractivity contribution < 1.29 is 14.7 Å². The van der Waals surface area contributed by atoms with Crippen molar-refractivity contribution in [3.63, 3.8) is 0 Å². The van der Waals surface area contributed by atoms with Gasteiger partial charge in [-0.3, -0.25) is 14.6 Å². The van der Waals surface area contributed by atoms with Crippen LogP contribution in [0.15, 0.2) is 36.7 Å². The van der Waals surface area contributed by atoms with Crippen LogP contribution in [0.5, 0.6) is 0 Å². The lowest BCUT2D eigenvalue weighted by Crippen LogP contribution is -2.36. The molecule has 20 heavy (non-hydrogen) atoms. The number of carbonyl (C=O) groups is 2. The van der Waals surface area contributed by atoms with E-state index in [0.29, 0.717) is 18.5 Å². The number of nitrogens with zero attached hydrogens (tertiary/aromatic N) is 2. The van der Waals surface area contributed by atoms with Crippen molar-refractivity contribution in [2.45, 2.75) is 13.3 Å². The summed E-state index contributed by atoms with van der Waals surface area (Å²) in [6.07, 6.45) is 4.01. The fourth-order valence-electron chi connectivity index (χ4n) is 2.16. The van der Waals surface area contributed by atoms with Crippen LogP contribution in [0.4, 0.5) is 0 Å². The van der Waals surface area contributed by atoms with Crippen molar-refractivity contribution in [2.75, 3.05) is 13.1 Å². The molecule has 0 radical (unpaired) electrons. The molecule has 0 unspecified atom stereocenters. The number of hydrogen-bond donors (Lipinski definition) is 1. The minimum absolute atomic E-state index is 0.271. The molecule has 0 saturated carbocycles. The molecular formula is C15H16N2O3. The van der Waals surface area contributed by atoms with Crippen molar-refractivity contribution in [3.8, 4) is 0 Å². The molecule has 0 aliphatic heterocycles. The molecule has 0 aliphatic carbocycles. The number of aliphatic carboxylic acids is 1. The van der Waals surface area contributed by atoms with Crippen molar-refractivity contribution in [1.82, 2.24) is 9.88 Å². The molecule has 0 atom stereocenters. The summed E-state index contributed by atoms with van der Waals surface area (Å²) in [5.74, 6) is -1.28. The lowest BCUT2D eigenvalue weighted by atomic mass is 10.1. The number of benzene rings is 1. The fourth-order valence-corrected chi connectivity index (χ4v) is 2.16. The summed E-state index contributed by atoms with van der Waals surface area (Å²) in [5.41, 5.74) is 0.491. The second kappa shape index (κ2) is 6.14. The topological polar surface area (TPSA) is 70.5 Å². The first-order valence-electron chi connectivity index (χ1n) is 6.47. The highest BCUT2D eigenvalue weighted by atomic mass is 16.4. The van der Waals surface area contributed by atoms with Gasteiger partial charge >= 0.3 is 5.97 Å². The second-order valence-electron chi connectivity index (χ2n) is 4.52. The molecule has 1 aromatic carbocycles. The maximum absolute atomic E-state index is 12.5. The van der Waals surface area contributed by atoms with Crippen LogP contribution < -0.4 is 0 Å². The second-order valence-corrected chi connectivity index (χ2v) is 4.52. The van der Waals surface area contributed by atoms with Crippen LogP contribution in [0.1, 0.15) is 23.7 Å². The van der Waals surface area contributed by atoms with E-state index < -0.39 is 5.97 Å². The Balaban J connectivity index is 2.40. The predicted molar refractivity (Wildman–Crippen MR) is 75.6 cm³/mol. The van der Waals surface area contributed by atoms with Crippen LogP contribution >= 0.6 is 0 Å². The first kappa shape index (κ1) is 14.0. The Kier molecular flexibility index (Phi) is 4.30. The Hall–Kier alpha value is -2.43. The summed E-state index contributed by atoms with van der Waals surface area (Å²) in [7, 11) is 0. The van der Waals surface area contributed by atoms with Gasteiger partial charge in [0, 0.05) is 29.9 Å². The molecular weight excluding hydrogens is 256 g/mol. The number of carboxylic acid groups (broad SMARTS) is 1. The van der Waals surface area contributed by atoms with Gasteiger partial charge in [0.2, 0.25) is 0 Å². The molecule has 0 fully saturated rings. The number of amides is 1. The van der Waals surface area contributed by atoms with Gasteiger partial charge in [-0.2, -0.15) is 0 Å². The van der Waals surface area contributed by atoms with Gasteiger partial charge in [-0.05, 0) is 23.9 Å². The van der Waals surface area contributed by atoms with E-state index in [0.717, 1.165) is 10.8 Å². The van der Waals surface area contributed by atoms with Gasteiger partial charge in [0.25, 0.3) is 5.91 Å². The third kappa shape index (κ3) is 2.93. The Morgan fingerprint density at radius 1 is 1.30 bits per heavy atom. The van der Waals surface area contributed by atoms with E-state index in [1.807, 2.05) is 19.1 Å². The van der Waals surface area contributed by atoms with Gasteiger partial charge in [0.15, 0.2) is 0 Å². The third-order valence-corrected chi connectivity index (χ3v) is 3.02. The van der Waals surface area contributed by atoms with Crippen LogP contribution in [0, 0.1) is 0 Å². The Bertz CT molecular complexity index is 635. The van der Waals surface area contributed by atoms with Crippen LogP contribution in [0.25, 0.3) is 10.8 Å². The lowest BCUT2D eigenvalue weighted by Gasteiger charge is -2.20. The van der Waals surface area contributed by atoms with E-state index in [2.05, 4.69) is 4.98 Å². The van der Waals surface area contributed by atoms with Crippen LogP contribution in [-0.2, 0) is 4.79 Å². The van der Waals surface area contributed by atoms with Gasteiger partial charge in [0.1, 0.15) is 6.54 Å². The number of rotatable bonds is 5. The average molecular weight is 272 g/mol. The molecule has 1 aromatic heterocycles. The highest BCUT2D eigenvalue weighted by Gasteiger charge is 2.19. The predicted octanol–water partition coefficient (Wildman–Crippen LogP) is 2.17. The molecule has 5 nitrogen and oxygen atoms in total. The van der Waals surface area contributed by atoms with Crippen molar-refractivity contribution in [2.24, 2.45) is 0 Å². The van der Waals surface area contributed by atoms with E-state index in [9.17, 15) is 9.59 Å². The minimum Gasteiger partial charge on any atom is -0.480 e. The number of carboxylic acids is 1. The van der Waals surface area contributed by atoms with E-state index >= 15 is 0 Å². The van der Waals surface area contributed by atoms with E-state index in [-0.39, 0.29) is 12.5 Å². The molecule has 0 aliphatic rings. The van der Waals surface area contributed by atoms with Gasteiger partial charge in [0.05, 0.1) is 0 Å². The highest BCUT2D eigenvalue weighted by molar-refractivity contribution is 6.07. The molecule has 0 saturated heterocycles. The monoisotopic (exact) mass is 272 g/mol. The number of fused-ring (bicyclic) bond motifs is 1. The van der Waals surface area contributed by atoms with Crippen molar-refractivity contribution in [1.29, 1.82) is 0 Å². The molecule has 2 rings (SSSR count). The summed E-state index contributed by atoms with van der Waals surface area (Å²) in [4.78, 5) is 28.8. The minimum atomic E-state index is -1.01. The quantitative estimate of drug-likeness (QED) is 0.905. The van der Waals surface area contributed by atoms with Gasteiger partial charge < -0.3 is 10.0 Å². The Labute approximate surface area is 116 Å². The lowest BCUT2D eigenvalue weighted by molar-refractivity contribution is -0.137. The van der Waals surface area contributed by atoms with Crippen LogP contribution in [-0.4, -0.2) is 40.0 Å². The van der Waals surface area contributed by atoms with Gasteiger partial charge in [-0.1, -0.05) is 19.1 Å². The average Bonchev–Trinajstić information content (AvgIpc) is 2.45. The molecule has 5 heteroatoms. The molecule has 1 N–H and O–H groups in total. The molecule has 104 valence electrons. The number of hydrogen-bond acceptors (Lipinski definition) is 3. The Morgan fingerprint density at radius 3 is 2.80 bits per heavy atom. The first-order valence-corrected chi connectivity index (χ1v) is 6.47. The third-order valence-electron chi connectivity index (χ3n) is 3.02. The van der Waals surface area contributed by atoms with E-state index in [1.54, 1.807) is 24.5 Å². The smallest absolute Gasteiger partial charge is 0.323 e. The zero-order valence-corrected chi connectivity index (χ0v) is 11.2. The fraction of sp³-hybridized carbons (Fsp3) is 0.267. The molecule has 0 spiro atoms. The summed E-state index contributed by atoms with van der Waals surface area (Å²) >= 11 is 0.